The van der Waals surface area contributed by atoms with Gasteiger partial charge in [-0.1, -0.05) is 13.0 Å². The summed E-state index contributed by atoms with van der Waals surface area (Å²) in [5, 5.41) is 8.88. The van der Waals surface area contributed by atoms with Crippen molar-refractivity contribution in [3.05, 3.63) is 12.7 Å². The zero-order valence-corrected chi connectivity index (χ0v) is 5.72. The average molecular weight is 130 g/mol. The van der Waals surface area contributed by atoms with E-state index in [0.717, 1.165) is 0 Å². The highest BCUT2D eigenvalue weighted by Crippen LogP contribution is 1.78. The van der Waals surface area contributed by atoms with Gasteiger partial charge in [-0.05, 0) is 6.42 Å². The summed E-state index contributed by atoms with van der Waals surface area (Å²) in [4.78, 5) is 0. The van der Waals surface area contributed by atoms with Crippen molar-refractivity contribution in [3.8, 4) is 0 Å². The topological polar surface area (TPSA) is 44.3 Å². The SMILES string of the molecule is C=CCNN[C@@H](O)CC. The third-order valence-electron chi connectivity index (χ3n) is 0.902. The van der Waals surface area contributed by atoms with Gasteiger partial charge in [0.25, 0.3) is 0 Å². The molecule has 0 aromatic heterocycles. The Labute approximate surface area is 55.7 Å². The zero-order chi connectivity index (χ0) is 7.11. The van der Waals surface area contributed by atoms with Crippen LogP contribution in [-0.4, -0.2) is 17.9 Å². The van der Waals surface area contributed by atoms with Crippen molar-refractivity contribution in [3.63, 3.8) is 0 Å². The van der Waals surface area contributed by atoms with Crippen LogP contribution in [0.25, 0.3) is 0 Å². The summed E-state index contributed by atoms with van der Waals surface area (Å²) in [6.45, 7) is 6.06. The fraction of sp³-hybridized carbons (Fsp3) is 0.667. The van der Waals surface area contributed by atoms with Crippen LogP contribution >= 0.6 is 0 Å². The zero-order valence-electron chi connectivity index (χ0n) is 5.72. The first kappa shape index (κ1) is 8.62. The van der Waals surface area contributed by atoms with Crippen molar-refractivity contribution in [2.75, 3.05) is 6.54 Å². The first-order valence-electron chi connectivity index (χ1n) is 3.08. The van der Waals surface area contributed by atoms with Gasteiger partial charge in [0, 0.05) is 6.54 Å². The molecule has 0 bridgehead atoms. The lowest BCUT2D eigenvalue weighted by Gasteiger charge is -2.09. The van der Waals surface area contributed by atoms with Gasteiger partial charge in [-0.3, -0.25) is 5.43 Å². The molecule has 0 radical (unpaired) electrons. The van der Waals surface area contributed by atoms with Crippen molar-refractivity contribution >= 4 is 0 Å². The molecule has 54 valence electrons. The predicted molar refractivity (Wildman–Crippen MR) is 37.6 cm³/mol. The third-order valence-corrected chi connectivity index (χ3v) is 0.902. The van der Waals surface area contributed by atoms with E-state index in [9.17, 15) is 0 Å². The van der Waals surface area contributed by atoms with Gasteiger partial charge in [0.05, 0.1) is 0 Å². The van der Waals surface area contributed by atoms with Gasteiger partial charge >= 0.3 is 0 Å². The Morgan fingerprint density at radius 1 is 1.78 bits per heavy atom. The van der Waals surface area contributed by atoms with E-state index in [0.29, 0.717) is 13.0 Å². The van der Waals surface area contributed by atoms with E-state index in [-0.39, 0.29) is 0 Å². The maximum absolute atomic E-state index is 8.88. The van der Waals surface area contributed by atoms with E-state index < -0.39 is 6.23 Å². The van der Waals surface area contributed by atoms with Gasteiger partial charge in [0.15, 0.2) is 0 Å². The molecule has 0 aliphatic carbocycles. The Balaban J connectivity index is 2.96. The second-order valence-electron chi connectivity index (χ2n) is 1.74. The Kier molecular flexibility index (Phi) is 5.51. The van der Waals surface area contributed by atoms with Crippen molar-refractivity contribution in [2.24, 2.45) is 0 Å². The fourth-order valence-electron chi connectivity index (χ4n) is 0.351. The Bertz CT molecular complexity index is 75.5. The summed E-state index contributed by atoms with van der Waals surface area (Å²) in [6, 6.07) is 0. The molecular formula is C6H14N2O. The van der Waals surface area contributed by atoms with Gasteiger partial charge < -0.3 is 5.11 Å². The molecule has 3 heteroatoms. The van der Waals surface area contributed by atoms with Crippen LogP contribution in [0.15, 0.2) is 12.7 Å². The average Bonchev–Trinajstić information content (AvgIpc) is 1.89. The number of hydrogen-bond acceptors (Lipinski definition) is 3. The van der Waals surface area contributed by atoms with Crippen LogP contribution in [0.4, 0.5) is 0 Å². The molecule has 0 aliphatic heterocycles. The predicted octanol–water partition coefficient (Wildman–Crippen LogP) is -0.00500. The van der Waals surface area contributed by atoms with Crippen LogP contribution in [-0.2, 0) is 0 Å². The third kappa shape index (κ3) is 5.49. The van der Waals surface area contributed by atoms with Crippen LogP contribution in [0.1, 0.15) is 13.3 Å². The van der Waals surface area contributed by atoms with Crippen molar-refractivity contribution in [2.45, 2.75) is 19.6 Å². The number of nitrogens with one attached hydrogen (secondary N) is 2. The minimum absolute atomic E-state index is 0.454. The maximum atomic E-state index is 8.88. The molecule has 0 amide bonds. The first-order chi connectivity index (χ1) is 4.31. The summed E-state index contributed by atoms with van der Waals surface area (Å²) in [6.07, 6.45) is 1.96. The van der Waals surface area contributed by atoms with E-state index in [1.165, 1.54) is 0 Å². The largest absolute Gasteiger partial charge is 0.377 e. The quantitative estimate of drug-likeness (QED) is 0.212. The summed E-state index contributed by atoms with van der Waals surface area (Å²) in [5.41, 5.74) is 5.44. The summed E-state index contributed by atoms with van der Waals surface area (Å²) in [7, 11) is 0. The second-order valence-corrected chi connectivity index (χ2v) is 1.74. The number of hydrazine groups is 1. The second kappa shape index (κ2) is 5.75. The Morgan fingerprint density at radius 2 is 2.44 bits per heavy atom. The highest BCUT2D eigenvalue weighted by molar-refractivity contribution is 4.67. The van der Waals surface area contributed by atoms with E-state index >= 15 is 0 Å². The molecule has 0 aromatic rings. The molecule has 0 saturated carbocycles. The normalized spacial score (nSPS) is 13.1. The van der Waals surface area contributed by atoms with E-state index in [1.54, 1.807) is 6.08 Å². The van der Waals surface area contributed by atoms with Crippen LogP contribution in [0.3, 0.4) is 0 Å². The van der Waals surface area contributed by atoms with E-state index in [4.69, 9.17) is 5.11 Å². The van der Waals surface area contributed by atoms with Crippen LogP contribution in [0.2, 0.25) is 0 Å². The van der Waals surface area contributed by atoms with Crippen molar-refractivity contribution < 1.29 is 5.11 Å². The molecule has 0 aliphatic rings. The molecule has 0 fully saturated rings. The molecule has 1 atom stereocenters. The van der Waals surface area contributed by atoms with Crippen LogP contribution in [0, 0.1) is 0 Å². The molecular weight excluding hydrogens is 116 g/mol. The van der Waals surface area contributed by atoms with Crippen molar-refractivity contribution in [1.29, 1.82) is 0 Å². The molecule has 0 spiro atoms. The molecule has 0 aromatic carbocycles. The van der Waals surface area contributed by atoms with Gasteiger partial charge in [-0.2, -0.15) is 0 Å². The minimum Gasteiger partial charge on any atom is -0.377 e. The lowest BCUT2D eigenvalue weighted by atomic mass is 10.4. The Morgan fingerprint density at radius 3 is 2.89 bits per heavy atom. The Hall–Kier alpha value is -0.380. The molecule has 0 heterocycles. The smallest absolute Gasteiger partial charge is 0.116 e. The molecule has 0 rings (SSSR count). The standard InChI is InChI=1S/C6H14N2O/c1-3-5-7-8-6(9)4-2/h3,6-9H,1,4-5H2,2H3/t6-/m0/s1. The van der Waals surface area contributed by atoms with Crippen molar-refractivity contribution in [1.82, 2.24) is 10.9 Å². The summed E-state index contributed by atoms with van der Waals surface area (Å²) < 4.78 is 0. The van der Waals surface area contributed by atoms with E-state index in [1.807, 2.05) is 6.92 Å². The maximum Gasteiger partial charge on any atom is 0.116 e. The fourth-order valence-corrected chi connectivity index (χ4v) is 0.351. The molecule has 3 N–H and O–H groups in total. The van der Waals surface area contributed by atoms with Gasteiger partial charge in [-0.15, -0.1) is 6.58 Å². The monoisotopic (exact) mass is 130 g/mol. The molecule has 3 nitrogen and oxygen atoms in total. The summed E-state index contributed by atoms with van der Waals surface area (Å²) in [5.74, 6) is 0. The molecule has 0 saturated heterocycles. The first-order valence-corrected chi connectivity index (χ1v) is 3.08. The minimum atomic E-state index is -0.454. The molecule has 0 unspecified atom stereocenters. The lowest BCUT2D eigenvalue weighted by molar-refractivity contribution is 0.117. The van der Waals surface area contributed by atoms with Gasteiger partial charge in [-0.25, -0.2) is 5.43 Å². The lowest BCUT2D eigenvalue weighted by Crippen LogP contribution is -2.40. The van der Waals surface area contributed by atoms with Crippen LogP contribution < -0.4 is 10.9 Å². The number of aliphatic hydroxyl groups excluding tert-OH is 1. The van der Waals surface area contributed by atoms with Crippen LogP contribution in [0.5, 0.6) is 0 Å². The van der Waals surface area contributed by atoms with Gasteiger partial charge in [0.1, 0.15) is 6.23 Å². The highest BCUT2D eigenvalue weighted by atomic mass is 16.3. The number of hydrogen-bond donors (Lipinski definition) is 3. The number of rotatable bonds is 5. The number of aliphatic hydroxyl groups is 1. The molecule has 9 heavy (non-hydrogen) atoms. The summed E-state index contributed by atoms with van der Waals surface area (Å²) >= 11 is 0. The van der Waals surface area contributed by atoms with E-state index in [2.05, 4.69) is 17.4 Å². The highest BCUT2D eigenvalue weighted by Gasteiger charge is 1.93. The van der Waals surface area contributed by atoms with Gasteiger partial charge in [0.2, 0.25) is 0 Å².